The molecule has 2 aromatic heterocycles. The lowest BCUT2D eigenvalue weighted by atomic mass is 10.1. The van der Waals surface area contributed by atoms with Crippen LogP contribution in [0.15, 0.2) is 48.5 Å². The van der Waals surface area contributed by atoms with E-state index >= 15 is 0 Å². The minimum atomic E-state index is -0.223. The van der Waals surface area contributed by atoms with Crippen molar-refractivity contribution in [2.45, 2.75) is 0 Å². The van der Waals surface area contributed by atoms with Crippen LogP contribution in [0.25, 0.3) is 21.5 Å². The molecule has 2 aromatic carbocycles. The molecule has 154 valence electrons. The van der Waals surface area contributed by atoms with Crippen molar-refractivity contribution < 1.29 is 19.0 Å². The van der Waals surface area contributed by atoms with Crippen molar-refractivity contribution in [2.75, 3.05) is 26.6 Å². The number of carbonyl (C=O) groups excluding carboxylic acids is 1. The van der Waals surface area contributed by atoms with Crippen LogP contribution in [0.4, 0.5) is 5.69 Å². The number of aryl methyl sites for hydroxylation is 1. The summed E-state index contributed by atoms with van der Waals surface area (Å²) in [5.74, 6) is 1.72. The molecule has 7 nitrogen and oxygen atoms in total. The first-order valence-corrected chi connectivity index (χ1v) is 10.00. The van der Waals surface area contributed by atoms with Crippen LogP contribution < -0.4 is 19.5 Å². The van der Waals surface area contributed by atoms with Crippen LogP contribution in [0.5, 0.6) is 17.2 Å². The van der Waals surface area contributed by atoms with Gasteiger partial charge in [-0.05, 0) is 30.3 Å². The lowest BCUT2D eigenvalue weighted by Crippen LogP contribution is -2.11. The highest BCUT2D eigenvalue weighted by atomic mass is 32.1. The SMILES string of the molecule is COc1cccc(-c2nn(C)c3sc(C(=O)Nc4cc(OC)ccc4OC)cc23)c1. The van der Waals surface area contributed by atoms with Crippen molar-refractivity contribution in [2.24, 2.45) is 7.05 Å². The van der Waals surface area contributed by atoms with Gasteiger partial charge in [0.15, 0.2) is 0 Å². The molecule has 0 saturated carbocycles. The van der Waals surface area contributed by atoms with Crippen LogP contribution in [0.2, 0.25) is 0 Å². The number of amides is 1. The molecular formula is C22H21N3O4S. The zero-order valence-corrected chi connectivity index (χ0v) is 17.9. The average molecular weight is 423 g/mol. The highest BCUT2D eigenvalue weighted by Gasteiger charge is 2.19. The van der Waals surface area contributed by atoms with Gasteiger partial charge in [0.2, 0.25) is 0 Å². The number of anilines is 1. The minimum Gasteiger partial charge on any atom is -0.497 e. The van der Waals surface area contributed by atoms with Gasteiger partial charge in [-0.1, -0.05) is 12.1 Å². The number of nitrogens with one attached hydrogen (secondary N) is 1. The van der Waals surface area contributed by atoms with E-state index in [1.54, 1.807) is 44.2 Å². The summed E-state index contributed by atoms with van der Waals surface area (Å²) >= 11 is 1.39. The van der Waals surface area contributed by atoms with E-state index in [1.807, 2.05) is 37.4 Å². The number of nitrogens with zero attached hydrogens (tertiary/aromatic N) is 2. The maximum Gasteiger partial charge on any atom is 0.265 e. The second-order valence-corrected chi connectivity index (χ2v) is 7.58. The molecule has 1 N–H and O–H groups in total. The molecule has 8 heteroatoms. The maximum absolute atomic E-state index is 13.0. The van der Waals surface area contributed by atoms with Gasteiger partial charge >= 0.3 is 0 Å². The molecule has 1 amide bonds. The summed E-state index contributed by atoms with van der Waals surface area (Å²) in [6.07, 6.45) is 0. The molecular weight excluding hydrogens is 402 g/mol. The van der Waals surface area contributed by atoms with Crippen molar-refractivity contribution >= 4 is 33.1 Å². The van der Waals surface area contributed by atoms with E-state index in [9.17, 15) is 4.79 Å². The third-order valence-corrected chi connectivity index (χ3v) is 5.93. The molecule has 0 aliphatic rings. The van der Waals surface area contributed by atoms with Crippen molar-refractivity contribution in [3.63, 3.8) is 0 Å². The first-order chi connectivity index (χ1) is 14.5. The standard InChI is InChI=1S/C22H21N3O4S/c1-25-22-16(20(24-25)13-6-5-7-14(10-13)27-2)12-19(30-22)21(26)23-17-11-15(28-3)8-9-18(17)29-4/h5-12H,1-4H3,(H,23,26). The quantitative estimate of drug-likeness (QED) is 0.491. The number of methoxy groups -OCH3 is 3. The van der Waals surface area contributed by atoms with Gasteiger partial charge in [-0.25, -0.2) is 0 Å². The zero-order chi connectivity index (χ0) is 21.3. The second-order valence-electron chi connectivity index (χ2n) is 6.55. The average Bonchev–Trinajstić information content (AvgIpc) is 3.34. The molecule has 4 aromatic rings. The Bertz CT molecular complexity index is 1230. The number of fused-ring (bicyclic) bond motifs is 1. The van der Waals surface area contributed by atoms with Crippen LogP contribution in [0.1, 0.15) is 9.67 Å². The summed E-state index contributed by atoms with van der Waals surface area (Å²) < 4.78 is 17.7. The minimum absolute atomic E-state index is 0.223. The summed E-state index contributed by atoms with van der Waals surface area (Å²) in [5, 5.41) is 8.47. The number of thiophene rings is 1. The van der Waals surface area contributed by atoms with Gasteiger partial charge < -0.3 is 19.5 Å². The molecule has 2 heterocycles. The first-order valence-electron chi connectivity index (χ1n) is 9.18. The Kier molecular flexibility index (Phi) is 5.33. The number of carbonyl (C=O) groups is 1. The fraction of sp³-hybridized carbons (Fsp3) is 0.182. The first kappa shape index (κ1) is 19.8. The van der Waals surface area contributed by atoms with Crippen molar-refractivity contribution in [1.82, 2.24) is 9.78 Å². The third kappa shape index (κ3) is 3.57. The second kappa shape index (κ2) is 8.08. The molecule has 0 unspecified atom stereocenters. The van der Waals surface area contributed by atoms with E-state index in [0.717, 1.165) is 27.2 Å². The van der Waals surface area contributed by atoms with Gasteiger partial charge in [0.25, 0.3) is 5.91 Å². The van der Waals surface area contributed by atoms with Gasteiger partial charge in [0.1, 0.15) is 27.8 Å². The predicted octanol–water partition coefficient (Wildman–Crippen LogP) is 4.58. The fourth-order valence-electron chi connectivity index (χ4n) is 3.23. The van der Waals surface area contributed by atoms with Gasteiger partial charge in [-0.15, -0.1) is 11.3 Å². The van der Waals surface area contributed by atoms with Gasteiger partial charge in [-0.3, -0.25) is 9.48 Å². The summed E-state index contributed by atoms with van der Waals surface area (Å²) in [6, 6.07) is 14.8. The van der Waals surface area contributed by atoms with Gasteiger partial charge in [0, 0.05) is 24.1 Å². The highest BCUT2D eigenvalue weighted by Crippen LogP contribution is 2.36. The van der Waals surface area contributed by atoms with E-state index in [0.29, 0.717) is 22.1 Å². The van der Waals surface area contributed by atoms with E-state index in [4.69, 9.17) is 14.2 Å². The molecule has 0 atom stereocenters. The van der Waals surface area contributed by atoms with Crippen molar-refractivity contribution in [1.29, 1.82) is 0 Å². The van der Waals surface area contributed by atoms with E-state index < -0.39 is 0 Å². The molecule has 4 rings (SSSR count). The largest absolute Gasteiger partial charge is 0.497 e. The molecule has 0 radical (unpaired) electrons. The molecule has 0 fully saturated rings. The van der Waals surface area contributed by atoms with Gasteiger partial charge in [0.05, 0.1) is 31.9 Å². The Labute approximate surface area is 177 Å². The molecule has 0 bridgehead atoms. The van der Waals surface area contributed by atoms with Crippen LogP contribution in [-0.2, 0) is 7.05 Å². The van der Waals surface area contributed by atoms with E-state index in [2.05, 4.69) is 10.4 Å². The summed E-state index contributed by atoms with van der Waals surface area (Å²) in [5.41, 5.74) is 2.28. The number of hydrogen-bond donors (Lipinski definition) is 1. The van der Waals surface area contributed by atoms with E-state index in [-0.39, 0.29) is 5.91 Å². The van der Waals surface area contributed by atoms with Crippen LogP contribution >= 0.6 is 11.3 Å². The van der Waals surface area contributed by atoms with Crippen LogP contribution in [0, 0.1) is 0 Å². The normalized spacial score (nSPS) is 10.8. The number of rotatable bonds is 6. The predicted molar refractivity (Wildman–Crippen MR) is 118 cm³/mol. The van der Waals surface area contributed by atoms with Crippen molar-refractivity contribution in [3.8, 4) is 28.5 Å². The third-order valence-electron chi connectivity index (χ3n) is 4.73. The Hall–Kier alpha value is -3.52. The Morgan fingerprint density at radius 2 is 1.77 bits per heavy atom. The number of hydrogen-bond acceptors (Lipinski definition) is 6. The van der Waals surface area contributed by atoms with Gasteiger partial charge in [-0.2, -0.15) is 5.10 Å². The van der Waals surface area contributed by atoms with Crippen molar-refractivity contribution in [3.05, 3.63) is 53.4 Å². The topological polar surface area (TPSA) is 74.6 Å². The number of benzene rings is 2. The Morgan fingerprint density at radius 3 is 2.50 bits per heavy atom. The van der Waals surface area contributed by atoms with Crippen LogP contribution in [-0.4, -0.2) is 37.0 Å². The monoisotopic (exact) mass is 423 g/mol. The van der Waals surface area contributed by atoms with Crippen LogP contribution in [0.3, 0.4) is 0 Å². The smallest absolute Gasteiger partial charge is 0.265 e. The molecule has 0 spiro atoms. The maximum atomic E-state index is 13.0. The summed E-state index contributed by atoms with van der Waals surface area (Å²) in [4.78, 5) is 14.5. The van der Waals surface area contributed by atoms with E-state index in [1.165, 1.54) is 11.3 Å². The Morgan fingerprint density at radius 1 is 1.00 bits per heavy atom. The lowest BCUT2D eigenvalue weighted by molar-refractivity contribution is 0.103. The fourth-order valence-corrected chi connectivity index (χ4v) is 4.20. The molecule has 30 heavy (non-hydrogen) atoms. The summed E-state index contributed by atoms with van der Waals surface area (Å²) in [6.45, 7) is 0. The zero-order valence-electron chi connectivity index (χ0n) is 17.1. The number of aromatic nitrogens is 2. The molecule has 0 saturated heterocycles. The number of ether oxygens (including phenoxy) is 3. The lowest BCUT2D eigenvalue weighted by Gasteiger charge is -2.11. The Balaban J connectivity index is 1.70. The molecule has 0 aliphatic carbocycles. The molecule has 0 aliphatic heterocycles. The highest BCUT2D eigenvalue weighted by molar-refractivity contribution is 7.20. The summed E-state index contributed by atoms with van der Waals surface area (Å²) in [7, 11) is 6.64.